The lowest BCUT2D eigenvalue weighted by atomic mass is 9.83. The Bertz CT molecular complexity index is 370. The smallest absolute Gasteiger partial charge is 0.286 e. The molecule has 0 aromatic rings. The average molecular weight is 316 g/mol. The Labute approximate surface area is 106 Å². The van der Waals surface area contributed by atoms with Crippen LogP contribution in [0.1, 0.15) is 32.6 Å². The predicted molar refractivity (Wildman–Crippen MR) is 55.1 cm³/mol. The van der Waals surface area contributed by atoms with Gasteiger partial charge in [-0.05, 0) is 19.8 Å². The first-order valence-corrected chi connectivity index (χ1v) is 6.90. The summed E-state index contributed by atoms with van der Waals surface area (Å²) >= 11 is 0. The second kappa shape index (κ2) is 5.86. The van der Waals surface area contributed by atoms with E-state index in [9.17, 15) is 34.8 Å². The number of hydrogen-bond donors (Lipinski definition) is 1. The molecule has 116 valence electrons. The molecule has 0 rings (SSSR count). The lowest BCUT2D eigenvalue weighted by Gasteiger charge is -2.33. The first-order chi connectivity index (χ1) is 8.21. The van der Waals surface area contributed by atoms with Crippen LogP contribution in [0.3, 0.4) is 0 Å². The van der Waals surface area contributed by atoms with Gasteiger partial charge in [0.15, 0.2) is 5.41 Å². The molecule has 0 aromatic heterocycles. The Hall–Kier alpha value is -0.510. The van der Waals surface area contributed by atoms with Gasteiger partial charge in [-0.2, -0.15) is 34.8 Å². The van der Waals surface area contributed by atoms with E-state index in [2.05, 4.69) is 0 Å². The van der Waals surface area contributed by atoms with Crippen LogP contribution in [-0.4, -0.2) is 31.1 Å². The molecule has 0 fully saturated rings. The molecule has 10 heteroatoms. The molecule has 0 heterocycles. The van der Waals surface area contributed by atoms with E-state index in [0.717, 1.165) is 0 Å². The number of rotatable bonds is 6. The highest BCUT2D eigenvalue weighted by Crippen LogP contribution is 2.52. The van der Waals surface area contributed by atoms with Gasteiger partial charge in [0.2, 0.25) is 0 Å². The van der Waals surface area contributed by atoms with Crippen molar-refractivity contribution in [3.8, 4) is 0 Å². The number of unbranched alkanes of at least 4 members (excludes halogenated alkanes) is 2. The first-order valence-electron chi connectivity index (χ1n) is 5.29. The van der Waals surface area contributed by atoms with Crippen molar-refractivity contribution in [1.82, 2.24) is 0 Å². The van der Waals surface area contributed by atoms with Gasteiger partial charge >= 0.3 is 12.4 Å². The largest absolute Gasteiger partial charge is 0.402 e. The van der Waals surface area contributed by atoms with Crippen LogP contribution in [0.5, 0.6) is 0 Å². The fraction of sp³-hybridized carbons (Fsp3) is 1.00. The van der Waals surface area contributed by atoms with Gasteiger partial charge in [0.1, 0.15) is 0 Å². The molecule has 0 aliphatic heterocycles. The summed E-state index contributed by atoms with van der Waals surface area (Å²) in [7, 11) is -4.24. The Morgan fingerprint density at radius 2 is 1.32 bits per heavy atom. The van der Waals surface area contributed by atoms with E-state index >= 15 is 0 Å². The minimum atomic E-state index is -5.42. The SMILES string of the molecule is CC(CCCCCS(=O)(=O)O)(C(F)(F)F)C(F)(F)F. The van der Waals surface area contributed by atoms with Crippen LogP contribution in [0.25, 0.3) is 0 Å². The molecule has 0 radical (unpaired) electrons. The average Bonchev–Trinajstić information content (AvgIpc) is 2.11. The quantitative estimate of drug-likeness (QED) is 0.463. The van der Waals surface area contributed by atoms with Crippen LogP contribution in [0.4, 0.5) is 26.3 Å². The van der Waals surface area contributed by atoms with Crippen molar-refractivity contribution in [2.45, 2.75) is 45.0 Å². The highest BCUT2D eigenvalue weighted by atomic mass is 32.2. The summed E-state index contributed by atoms with van der Waals surface area (Å²) < 4.78 is 104. The maximum Gasteiger partial charge on any atom is 0.402 e. The van der Waals surface area contributed by atoms with E-state index in [1.54, 1.807) is 0 Å². The molecular weight excluding hydrogens is 302 g/mol. The molecular formula is C9H14F6O3S. The van der Waals surface area contributed by atoms with E-state index in [1.165, 1.54) is 0 Å². The summed E-state index contributed by atoms with van der Waals surface area (Å²) in [4.78, 5) is 0. The Kier molecular flexibility index (Phi) is 5.70. The molecule has 0 atom stereocenters. The van der Waals surface area contributed by atoms with Gasteiger partial charge in [-0.15, -0.1) is 0 Å². The van der Waals surface area contributed by atoms with Crippen LogP contribution >= 0.6 is 0 Å². The number of alkyl halides is 6. The molecule has 19 heavy (non-hydrogen) atoms. The summed E-state index contributed by atoms with van der Waals surface area (Å²) in [5, 5.41) is 0. The molecule has 0 aromatic carbocycles. The van der Waals surface area contributed by atoms with Crippen LogP contribution in [0, 0.1) is 5.41 Å². The normalized spacial score (nSPS) is 14.7. The molecule has 1 N–H and O–H groups in total. The summed E-state index contributed by atoms with van der Waals surface area (Å²) in [6.07, 6.45) is -12.8. The van der Waals surface area contributed by atoms with Crippen LogP contribution < -0.4 is 0 Å². The molecule has 0 spiro atoms. The third kappa shape index (κ3) is 5.55. The van der Waals surface area contributed by atoms with Crippen LogP contribution in [-0.2, 0) is 10.1 Å². The van der Waals surface area contributed by atoms with Gasteiger partial charge in [-0.25, -0.2) is 0 Å². The first kappa shape index (κ1) is 18.5. The molecule has 0 amide bonds. The standard InChI is InChI=1S/C9H14F6O3S/c1-7(8(10,11)12,9(13,14)15)5-3-2-4-6-19(16,17)18/h2-6H2,1H3,(H,16,17,18). The topological polar surface area (TPSA) is 54.4 Å². The molecule has 0 aliphatic carbocycles. The molecule has 0 saturated heterocycles. The minimum absolute atomic E-state index is 0.0792. The minimum Gasteiger partial charge on any atom is -0.286 e. The fourth-order valence-electron chi connectivity index (χ4n) is 1.38. The summed E-state index contributed by atoms with van der Waals surface area (Å²) in [5.74, 6) is -0.679. The van der Waals surface area contributed by atoms with E-state index in [0.29, 0.717) is 0 Å². The fourth-order valence-corrected chi connectivity index (χ4v) is 1.95. The van der Waals surface area contributed by atoms with E-state index < -0.39 is 46.5 Å². The molecule has 0 aliphatic rings. The van der Waals surface area contributed by atoms with E-state index in [-0.39, 0.29) is 19.8 Å². The van der Waals surface area contributed by atoms with Gasteiger partial charge in [-0.3, -0.25) is 4.55 Å². The molecule has 3 nitrogen and oxygen atoms in total. The van der Waals surface area contributed by atoms with Crippen LogP contribution in [0.2, 0.25) is 0 Å². The molecule has 0 bridgehead atoms. The monoisotopic (exact) mass is 316 g/mol. The van der Waals surface area contributed by atoms with Gasteiger partial charge in [0, 0.05) is 0 Å². The summed E-state index contributed by atoms with van der Waals surface area (Å²) in [6.45, 7) is 0.0792. The Balaban J connectivity index is 4.48. The Morgan fingerprint density at radius 1 is 0.895 bits per heavy atom. The number of halogens is 6. The van der Waals surface area contributed by atoms with Crippen molar-refractivity contribution in [3.63, 3.8) is 0 Å². The maximum absolute atomic E-state index is 12.4. The van der Waals surface area contributed by atoms with Crippen molar-refractivity contribution >= 4 is 10.1 Å². The number of hydrogen-bond acceptors (Lipinski definition) is 2. The third-order valence-electron chi connectivity index (χ3n) is 2.83. The van der Waals surface area contributed by atoms with Crippen molar-refractivity contribution in [3.05, 3.63) is 0 Å². The van der Waals surface area contributed by atoms with Gasteiger partial charge in [0.25, 0.3) is 10.1 Å². The third-order valence-corrected chi connectivity index (χ3v) is 3.63. The van der Waals surface area contributed by atoms with E-state index in [1.807, 2.05) is 0 Å². The predicted octanol–water partition coefficient (Wildman–Crippen LogP) is 3.57. The zero-order chi connectivity index (χ0) is 15.5. The summed E-state index contributed by atoms with van der Waals surface area (Å²) in [6, 6.07) is 0. The van der Waals surface area contributed by atoms with Crippen molar-refractivity contribution in [2.75, 3.05) is 5.75 Å². The van der Waals surface area contributed by atoms with Crippen molar-refractivity contribution < 1.29 is 39.3 Å². The van der Waals surface area contributed by atoms with Gasteiger partial charge < -0.3 is 0 Å². The Morgan fingerprint density at radius 3 is 1.63 bits per heavy atom. The maximum atomic E-state index is 12.4. The van der Waals surface area contributed by atoms with Gasteiger partial charge in [0.05, 0.1) is 5.75 Å². The van der Waals surface area contributed by atoms with E-state index in [4.69, 9.17) is 4.55 Å². The molecule has 0 unspecified atom stereocenters. The lowest BCUT2D eigenvalue weighted by molar-refractivity contribution is -0.336. The highest BCUT2D eigenvalue weighted by Gasteiger charge is 2.66. The van der Waals surface area contributed by atoms with Gasteiger partial charge in [-0.1, -0.05) is 12.8 Å². The summed E-state index contributed by atoms with van der Waals surface area (Å²) in [5.41, 5.74) is -3.81. The molecule has 0 saturated carbocycles. The van der Waals surface area contributed by atoms with Crippen LogP contribution in [0.15, 0.2) is 0 Å². The second-order valence-electron chi connectivity index (χ2n) is 4.42. The zero-order valence-electron chi connectivity index (χ0n) is 9.98. The zero-order valence-corrected chi connectivity index (χ0v) is 10.8. The van der Waals surface area contributed by atoms with Crippen molar-refractivity contribution in [2.24, 2.45) is 5.41 Å². The highest BCUT2D eigenvalue weighted by molar-refractivity contribution is 7.85. The lowest BCUT2D eigenvalue weighted by Crippen LogP contribution is -2.47. The second-order valence-corrected chi connectivity index (χ2v) is 6.00. The van der Waals surface area contributed by atoms with Crippen molar-refractivity contribution in [1.29, 1.82) is 0 Å².